The quantitative estimate of drug-likeness (QED) is 0.569. The van der Waals surface area contributed by atoms with Crippen LogP contribution in [0, 0.1) is 0 Å². The van der Waals surface area contributed by atoms with Crippen LogP contribution in [0.15, 0.2) is 42.5 Å². The number of nitrogens with one attached hydrogen (secondary N) is 2. The second-order valence-electron chi connectivity index (χ2n) is 9.48. The van der Waals surface area contributed by atoms with Gasteiger partial charge in [0, 0.05) is 50.0 Å². The largest absolute Gasteiger partial charge is 0.495 e. The van der Waals surface area contributed by atoms with E-state index in [4.69, 9.17) is 4.74 Å². The van der Waals surface area contributed by atoms with Crippen molar-refractivity contribution >= 4 is 28.9 Å². The maximum absolute atomic E-state index is 13.4. The van der Waals surface area contributed by atoms with Crippen molar-refractivity contribution in [1.29, 1.82) is 0 Å². The molecule has 1 heterocycles. The Morgan fingerprint density at radius 2 is 1.63 bits per heavy atom. The number of anilines is 3. The van der Waals surface area contributed by atoms with Gasteiger partial charge in [0.15, 0.2) is 0 Å². The number of carbonyl (C=O) groups excluding carboxylic acids is 2. The van der Waals surface area contributed by atoms with Crippen LogP contribution in [0.4, 0.5) is 17.1 Å². The Morgan fingerprint density at radius 1 is 0.943 bits per heavy atom. The van der Waals surface area contributed by atoms with Gasteiger partial charge in [-0.05, 0) is 49.6 Å². The summed E-state index contributed by atoms with van der Waals surface area (Å²) in [6, 6.07) is 14.0. The molecule has 2 amide bonds. The molecule has 0 unspecified atom stereocenters. The lowest BCUT2D eigenvalue weighted by molar-refractivity contribution is -0.116. The molecule has 0 bridgehead atoms. The predicted octanol–water partition coefficient (Wildman–Crippen LogP) is 4.82. The van der Waals surface area contributed by atoms with E-state index in [1.165, 1.54) is 6.42 Å². The summed E-state index contributed by atoms with van der Waals surface area (Å²) < 4.78 is 5.55. The first-order valence-electron chi connectivity index (χ1n) is 13.0. The number of para-hydroxylation sites is 2. The number of amides is 2. The number of hydrogen-bond donors (Lipinski definition) is 2. The highest BCUT2D eigenvalue weighted by molar-refractivity contribution is 6.02. The molecular weight excluding hydrogens is 440 g/mol. The van der Waals surface area contributed by atoms with E-state index in [0.717, 1.165) is 75.4 Å². The van der Waals surface area contributed by atoms with Gasteiger partial charge in [-0.25, -0.2) is 0 Å². The molecule has 0 radical (unpaired) electrons. The smallest absolute Gasteiger partial charge is 0.253 e. The Hall–Kier alpha value is -3.22. The van der Waals surface area contributed by atoms with E-state index in [2.05, 4.69) is 26.5 Å². The third kappa shape index (κ3) is 6.27. The lowest BCUT2D eigenvalue weighted by Crippen LogP contribution is -2.47. The summed E-state index contributed by atoms with van der Waals surface area (Å²) in [5, 5.41) is 6.22. The SMILES string of the molecule is CCCC(=O)Nc1ccc(N2CCN(c3ccccc3OC)CC2)c(C(=O)NC2CCCCC2)c1. The number of benzene rings is 2. The van der Waals surface area contributed by atoms with Crippen LogP contribution in [0.1, 0.15) is 62.2 Å². The summed E-state index contributed by atoms with van der Waals surface area (Å²) in [4.78, 5) is 30.2. The van der Waals surface area contributed by atoms with Crippen LogP contribution >= 0.6 is 0 Å². The number of nitrogens with zero attached hydrogens (tertiary/aromatic N) is 2. The van der Waals surface area contributed by atoms with Crippen molar-refractivity contribution in [2.75, 3.05) is 48.4 Å². The van der Waals surface area contributed by atoms with Crippen LogP contribution in [0.2, 0.25) is 0 Å². The van der Waals surface area contributed by atoms with Gasteiger partial charge in [0.2, 0.25) is 5.91 Å². The topological polar surface area (TPSA) is 73.9 Å². The summed E-state index contributed by atoms with van der Waals surface area (Å²) in [5.41, 5.74) is 3.33. The van der Waals surface area contributed by atoms with Crippen LogP contribution in [-0.4, -0.2) is 51.1 Å². The highest BCUT2D eigenvalue weighted by atomic mass is 16.5. The molecule has 7 nitrogen and oxygen atoms in total. The highest BCUT2D eigenvalue weighted by Crippen LogP contribution is 2.31. The zero-order chi connectivity index (χ0) is 24.6. The molecule has 0 atom stereocenters. The normalized spacial score (nSPS) is 16.6. The molecule has 7 heteroatoms. The minimum atomic E-state index is -0.0503. The fourth-order valence-electron chi connectivity index (χ4n) is 5.11. The maximum atomic E-state index is 13.4. The van der Waals surface area contributed by atoms with Crippen LogP contribution in [-0.2, 0) is 4.79 Å². The van der Waals surface area contributed by atoms with E-state index >= 15 is 0 Å². The van der Waals surface area contributed by atoms with E-state index in [-0.39, 0.29) is 17.9 Å². The zero-order valence-corrected chi connectivity index (χ0v) is 21.0. The molecule has 2 fully saturated rings. The number of ether oxygens (including phenoxy) is 1. The van der Waals surface area contributed by atoms with Gasteiger partial charge in [0.05, 0.1) is 18.4 Å². The van der Waals surface area contributed by atoms with Crippen LogP contribution in [0.25, 0.3) is 0 Å². The van der Waals surface area contributed by atoms with Crippen molar-refractivity contribution in [3.8, 4) is 5.75 Å². The Kier molecular flexibility index (Phi) is 8.50. The molecule has 188 valence electrons. The standard InChI is InChI=1S/C28H38N4O3/c1-3-9-27(33)29-22-14-15-24(23(20-22)28(34)30-21-10-5-4-6-11-21)31-16-18-32(19-17-31)25-12-7-8-13-26(25)35-2/h7-8,12-15,20-21H,3-6,9-11,16-19H2,1-2H3,(H,29,33)(H,30,34). The van der Waals surface area contributed by atoms with Crippen molar-refractivity contribution in [2.24, 2.45) is 0 Å². The molecule has 2 aromatic rings. The molecule has 2 aliphatic rings. The molecule has 0 aromatic heterocycles. The van der Waals surface area contributed by atoms with Gasteiger partial charge in [0.25, 0.3) is 5.91 Å². The highest BCUT2D eigenvalue weighted by Gasteiger charge is 2.25. The Bertz CT molecular complexity index is 1010. The van der Waals surface area contributed by atoms with Crippen molar-refractivity contribution in [3.05, 3.63) is 48.0 Å². The van der Waals surface area contributed by atoms with Gasteiger partial charge in [-0.2, -0.15) is 0 Å². The van der Waals surface area contributed by atoms with Gasteiger partial charge in [-0.1, -0.05) is 38.3 Å². The molecule has 1 aliphatic heterocycles. The molecule has 2 N–H and O–H groups in total. The van der Waals surface area contributed by atoms with Gasteiger partial charge in [-0.15, -0.1) is 0 Å². The van der Waals surface area contributed by atoms with E-state index in [0.29, 0.717) is 17.7 Å². The number of piperazine rings is 1. The van der Waals surface area contributed by atoms with Crippen LogP contribution < -0.4 is 25.2 Å². The second kappa shape index (κ2) is 12.0. The molecule has 35 heavy (non-hydrogen) atoms. The first kappa shape index (κ1) is 24.9. The second-order valence-corrected chi connectivity index (χ2v) is 9.48. The number of methoxy groups -OCH3 is 1. The predicted molar refractivity (Wildman–Crippen MR) is 142 cm³/mol. The Labute approximate surface area is 208 Å². The lowest BCUT2D eigenvalue weighted by atomic mass is 9.95. The van der Waals surface area contributed by atoms with E-state index in [1.54, 1.807) is 7.11 Å². The first-order valence-corrected chi connectivity index (χ1v) is 13.0. The molecule has 1 saturated heterocycles. The zero-order valence-electron chi connectivity index (χ0n) is 21.0. The number of hydrogen-bond acceptors (Lipinski definition) is 5. The summed E-state index contributed by atoms with van der Waals surface area (Å²) in [6.07, 6.45) is 6.89. The van der Waals surface area contributed by atoms with E-state index in [1.807, 2.05) is 43.3 Å². The van der Waals surface area contributed by atoms with E-state index < -0.39 is 0 Å². The molecule has 0 spiro atoms. The third-order valence-corrected chi connectivity index (χ3v) is 6.99. The van der Waals surface area contributed by atoms with Crippen molar-refractivity contribution < 1.29 is 14.3 Å². The summed E-state index contributed by atoms with van der Waals surface area (Å²) in [6.45, 7) is 5.24. The van der Waals surface area contributed by atoms with Gasteiger partial charge in [-0.3, -0.25) is 9.59 Å². The molecule has 4 rings (SSSR count). The fraction of sp³-hybridized carbons (Fsp3) is 0.500. The lowest BCUT2D eigenvalue weighted by Gasteiger charge is -2.38. The average molecular weight is 479 g/mol. The maximum Gasteiger partial charge on any atom is 0.253 e. The van der Waals surface area contributed by atoms with Crippen LogP contribution in [0.5, 0.6) is 5.75 Å². The fourth-order valence-corrected chi connectivity index (χ4v) is 5.11. The Balaban J connectivity index is 1.52. The summed E-state index contributed by atoms with van der Waals surface area (Å²) in [7, 11) is 1.70. The molecule has 2 aromatic carbocycles. The number of rotatable bonds is 8. The monoisotopic (exact) mass is 478 g/mol. The van der Waals surface area contributed by atoms with Crippen molar-refractivity contribution in [2.45, 2.75) is 57.9 Å². The van der Waals surface area contributed by atoms with Gasteiger partial charge in [0.1, 0.15) is 5.75 Å². The van der Waals surface area contributed by atoms with Crippen LogP contribution in [0.3, 0.4) is 0 Å². The summed E-state index contributed by atoms with van der Waals surface area (Å²) >= 11 is 0. The minimum absolute atomic E-state index is 0.0238. The molecular formula is C28H38N4O3. The average Bonchev–Trinajstić information content (AvgIpc) is 2.89. The third-order valence-electron chi connectivity index (χ3n) is 6.99. The first-order chi connectivity index (χ1) is 17.1. The van der Waals surface area contributed by atoms with Crippen molar-refractivity contribution in [3.63, 3.8) is 0 Å². The van der Waals surface area contributed by atoms with Gasteiger partial charge >= 0.3 is 0 Å². The number of carbonyl (C=O) groups is 2. The molecule has 1 aliphatic carbocycles. The van der Waals surface area contributed by atoms with Gasteiger partial charge < -0.3 is 25.2 Å². The molecule has 1 saturated carbocycles. The van der Waals surface area contributed by atoms with Crippen molar-refractivity contribution in [1.82, 2.24) is 5.32 Å². The summed E-state index contributed by atoms with van der Waals surface area (Å²) in [5.74, 6) is 0.802. The Morgan fingerprint density at radius 3 is 2.31 bits per heavy atom. The minimum Gasteiger partial charge on any atom is -0.495 e. The van der Waals surface area contributed by atoms with E-state index in [9.17, 15) is 9.59 Å².